The van der Waals surface area contributed by atoms with Crippen LogP contribution in [0.2, 0.25) is 0 Å². The highest BCUT2D eigenvalue weighted by Crippen LogP contribution is 2.14. The van der Waals surface area contributed by atoms with Crippen LogP contribution in [0.3, 0.4) is 0 Å². The van der Waals surface area contributed by atoms with E-state index >= 15 is 0 Å². The van der Waals surface area contributed by atoms with Gasteiger partial charge >= 0.3 is 0 Å². The van der Waals surface area contributed by atoms with E-state index in [1.807, 2.05) is 0 Å². The molecule has 0 amide bonds. The van der Waals surface area contributed by atoms with Crippen molar-refractivity contribution in [3.63, 3.8) is 0 Å². The molecule has 96 valence electrons. The van der Waals surface area contributed by atoms with E-state index in [0.29, 0.717) is 6.61 Å². The summed E-state index contributed by atoms with van der Waals surface area (Å²) in [6, 6.07) is 0. The van der Waals surface area contributed by atoms with Gasteiger partial charge in [0.15, 0.2) is 0 Å². The Morgan fingerprint density at radius 1 is 1.19 bits per heavy atom. The van der Waals surface area contributed by atoms with Gasteiger partial charge in [0, 0.05) is 13.2 Å². The van der Waals surface area contributed by atoms with Crippen LogP contribution in [0, 0.1) is 5.92 Å². The van der Waals surface area contributed by atoms with Crippen LogP contribution in [0.4, 0.5) is 0 Å². The predicted molar refractivity (Wildman–Crippen MR) is 68.6 cm³/mol. The lowest BCUT2D eigenvalue weighted by molar-refractivity contribution is 0.195. The second-order valence-corrected chi connectivity index (χ2v) is 4.92. The van der Waals surface area contributed by atoms with Gasteiger partial charge in [0.25, 0.3) is 0 Å². The van der Waals surface area contributed by atoms with Crippen molar-refractivity contribution in [2.75, 3.05) is 39.3 Å². The Kier molecular flexibility index (Phi) is 7.81. The average molecular weight is 228 g/mol. The molecule has 0 aromatic rings. The van der Waals surface area contributed by atoms with Gasteiger partial charge in [0.2, 0.25) is 0 Å². The third kappa shape index (κ3) is 5.83. The summed E-state index contributed by atoms with van der Waals surface area (Å²) in [7, 11) is 0. The first kappa shape index (κ1) is 13.9. The van der Waals surface area contributed by atoms with Gasteiger partial charge < -0.3 is 15.3 Å². The van der Waals surface area contributed by atoms with Crippen molar-refractivity contribution in [1.29, 1.82) is 0 Å². The van der Waals surface area contributed by atoms with Crippen LogP contribution in [0.5, 0.6) is 0 Å². The predicted octanol–water partition coefficient (Wildman–Crippen LogP) is 1.47. The second kappa shape index (κ2) is 8.97. The third-order valence-electron chi connectivity index (χ3n) is 3.40. The number of hydrogen-bond acceptors (Lipinski definition) is 3. The molecule has 1 aliphatic heterocycles. The largest absolute Gasteiger partial charge is 0.396 e. The average Bonchev–Trinajstić information content (AvgIpc) is 2.31. The van der Waals surface area contributed by atoms with Crippen LogP contribution in [0.15, 0.2) is 0 Å². The summed E-state index contributed by atoms with van der Waals surface area (Å²) in [6.45, 7) is 8.63. The fourth-order valence-corrected chi connectivity index (χ4v) is 2.49. The van der Waals surface area contributed by atoms with E-state index in [9.17, 15) is 0 Å². The summed E-state index contributed by atoms with van der Waals surface area (Å²) in [5.74, 6) is 0.891. The topological polar surface area (TPSA) is 35.5 Å². The minimum Gasteiger partial charge on any atom is -0.396 e. The molecular formula is C13H28N2O. The number of hydrogen-bond donors (Lipinski definition) is 2. The maximum Gasteiger partial charge on any atom is 0.0431 e. The number of unbranched alkanes of at least 4 members (excludes halogenated alkanes) is 1. The molecule has 3 nitrogen and oxygen atoms in total. The van der Waals surface area contributed by atoms with Gasteiger partial charge in [-0.3, -0.25) is 0 Å². The van der Waals surface area contributed by atoms with Crippen molar-refractivity contribution in [3.05, 3.63) is 0 Å². The number of nitrogens with one attached hydrogen (secondary N) is 1. The SMILES string of the molecule is CCCN(CCCCO)CC1CCNCC1. The van der Waals surface area contributed by atoms with Gasteiger partial charge in [0.1, 0.15) is 0 Å². The molecule has 0 saturated carbocycles. The Morgan fingerprint density at radius 2 is 1.94 bits per heavy atom. The van der Waals surface area contributed by atoms with Crippen LogP contribution >= 0.6 is 0 Å². The zero-order valence-corrected chi connectivity index (χ0v) is 10.7. The smallest absolute Gasteiger partial charge is 0.0431 e. The van der Waals surface area contributed by atoms with Gasteiger partial charge in [-0.25, -0.2) is 0 Å². The van der Waals surface area contributed by atoms with Crippen LogP contribution < -0.4 is 5.32 Å². The first-order valence-electron chi connectivity index (χ1n) is 6.90. The lowest BCUT2D eigenvalue weighted by atomic mass is 9.97. The Morgan fingerprint density at radius 3 is 2.56 bits per heavy atom. The van der Waals surface area contributed by atoms with Crippen molar-refractivity contribution in [2.45, 2.75) is 39.0 Å². The monoisotopic (exact) mass is 228 g/mol. The molecule has 1 aliphatic rings. The highest BCUT2D eigenvalue weighted by Gasteiger charge is 2.16. The normalized spacial score (nSPS) is 18.2. The molecule has 1 fully saturated rings. The fourth-order valence-electron chi connectivity index (χ4n) is 2.49. The quantitative estimate of drug-likeness (QED) is 0.618. The van der Waals surface area contributed by atoms with E-state index in [1.165, 1.54) is 52.0 Å². The molecule has 16 heavy (non-hydrogen) atoms. The van der Waals surface area contributed by atoms with Crippen molar-refractivity contribution >= 4 is 0 Å². The molecule has 0 aromatic heterocycles. The molecule has 1 saturated heterocycles. The van der Waals surface area contributed by atoms with Gasteiger partial charge in [-0.15, -0.1) is 0 Å². The lowest BCUT2D eigenvalue weighted by Crippen LogP contribution is -2.37. The van der Waals surface area contributed by atoms with Crippen molar-refractivity contribution < 1.29 is 5.11 Å². The summed E-state index contributed by atoms with van der Waals surface area (Å²) in [6.07, 6.45) is 6.00. The number of rotatable bonds is 8. The zero-order chi connectivity index (χ0) is 11.6. The summed E-state index contributed by atoms with van der Waals surface area (Å²) in [5, 5.41) is 12.2. The summed E-state index contributed by atoms with van der Waals surface area (Å²) in [4.78, 5) is 2.59. The molecule has 1 heterocycles. The molecule has 0 bridgehead atoms. The Labute approximate surface area is 100 Å². The number of aliphatic hydroxyl groups is 1. The number of piperidine rings is 1. The van der Waals surface area contributed by atoms with Gasteiger partial charge in [-0.1, -0.05) is 6.92 Å². The Bertz CT molecular complexity index is 158. The molecule has 0 radical (unpaired) electrons. The van der Waals surface area contributed by atoms with E-state index in [4.69, 9.17) is 5.11 Å². The molecule has 0 atom stereocenters. The van der Waals surface area contributed by atoms with E-state index < -0.39 is 0 Å². The van der Waals surface area contributed by atoms with Crippen molar-refractivity contribution in [3.8, 4) is 0 Å². The summed E-state index contributed by atoms with van der Waals surface area (Å²) >= 11 is 0. The minimum absolute atomic E-state index is 0.341. The molecule has 3 heteroatoms. The first-order valence-corrected chi connectivity index (χ1v) is 6.90. The van der Waals surface area contributed by atoms with Gasteiger partial charge in [-0.2, -0.15) is 0 Å². The van der Waals surface area contributed by atoms with Crippen molar-refractivity contribution in [1.82, 2.24) is 10.2 Å². The molecule has 0 spiro atoms. The summed E-state index contributed by atoms with van der Waals surface area (Å²) in [5.41, 5.74) is 0. The van der Waals surface area contributed by atoms with E-state index in [1.54, 1.807) is 0 Å². The molecule has 2 N–H and O–H groups in total. The maximum absolute atomic E-state index is 8.80. The van der Waals surface area contributed by atoms with Crippen LogP contribution in [-0.2, 0) is 0 Å². The molecular weight excluding hydrogens is 200 g/mol. The Balaban J connectivity index is 2.19. The van der Waals surface area contributed by atoms with Gasteiger partial charge in [0.05, 0.1) is 0 Å². The second-order valence-electron chi connectivity index (χ2n) is 4.92. The minimum atomic E-state index is 0.341. The third-order valence-corrected chi connectivity index (χ3v) is 3.40. The molecule has 0 aliphatic carbocycles. The molecule has 0 aromatic carbocycles. The number of aliphatic hydroxyl groups excluding tert-OH is 1. The fraction of sp³-hybridized carbons (Fsp3) is 1.00. The highest BCUT2D eigenvalue weighted by molar-refractivity contribution is 4.72. The standard InChI is InChI=1S/C13H28N2O/c1-2-9-15(10-3-4-11-16)12-13-5-7-14-8-6-13/h13-14,16H,2-12H2,1H3. The molecule has 1 rings (SSSR count). The van der Waals surface area contributed by atoms with Gasteiger partial charge in [-0.05, 0) is 64.2 Å². The van der Waals surface area contributed by atoms with Crippen LogP contribution in [0.25, 0.3) is 0 Å². The Hall–Kier alpha value is -0.120. The molecule has 0 unspecified atom stereocenters. The maximum atomic E-state index is 8.80. The van der Waals surface area contributed by atoms with E-state index in [2.05, 4.69) is 17.1 Å². The highest BCUT2D eigenvalue weighted by atomic mass is 16.2. The number of nitrogens with zero attached hydrogens (tertiary/aromatic N) is 1. The van der Waals surface area contributed by atoms with E-state index in [-0.39, 0.29) is 0 Å². The first-order chi connectivity index (χ1) is 7.86. The zero-order valence-electron chi connectivity index (χ0n) is 10.7. The van der Waals surface area contributed by atoms with Crippen LogP contribution in [0.1, 0.15) is 39.0 Å². The summed E-state index contributed by atoms with van der Waals surface area (Å²) < 4.78 is 0. The van der Waals surface area contributed by atoms with Crippen LogP contribution in [-0.4, -0.2) is 49.3 Å². The van der Waals surface area contributed by atoms with Crippen molar-refractivity contribution in [2.24, 2.45) is 5.92 Å². The van der Waals surface area contributed by atoms with E-state index in [0.717, 1.165) is 18.8 Å². The lowest BCUT2D eigenvalue weighted by Gasteiger charge is -2.29.